The Hall–Kier alpha value is -2.51. The zero-order valence-corrected chi connectivity index (χ0v) is 16.3. The van der Waals surface area contributed by atoms with Gasteiger partial charge in [-0.25, -0.2) is 0 Å². The number of hydrazine groups is 1. The fourth-order valence-electron chi connectivity index (χ4n) is 3.42. The highest BCUT2D eigenvalue weighted by atomic mass is 32.1. The van der Waals surface area contributed by atoms with Crippen molar-refractivity contribution in [1.82, 2.24) is 25.7 Å². The number of allylic oxidation sites excluding steroid dienone is 1. The van der Waals surface area contributed by atoms with Crippen LogP contribution in [0.15, 0.2) is 42.7 Å². The maximum absolute atomic E-state index is 5.50. The number of pyridine rings is 2. The summed E-state index contributed by atoms with van der Waals surface area (Å²) < 4.78 is 0. The van der Waals surface area contributed by atoms with Gasteiger partial charge in [0, 0.05) is 32.4 Å². The molecule has 140 valence electrons. The summed E-state index contributed by atoms with van der Waals surface area (Å²) in [4.78, 5) is 14.3. The van der Waals surface area contributed by atoms with Crippen LogP contribution in [-0.4, -0.2) is 53.1 Å². The van der Waals surface area contributed by atoms with Gasteiger partial charge in [-0.05, 0) is 43.7 Å². The van der Waals surface area contributed by atoms with E-state index in [9.17, 15) is 0 Å². The van der Waals surface area contributed by atoms with Crippen molar-refractivity contribution < 1.29 is 0 Å². The summed E-state index contributed by atoms with van der Waals surface area (Å²) in [5, 5.41) is 0. The summed E-state index contributed by atoms with van der Waals surface area (Å²) in [6.45, 7) is 4.22. The minimum absolute atomic E-state index is 0.573. The number of nitrogens with one attached hydrogen (secondary N) is 2. The molecule has 0 unspecified atom stereocenters. The highest BCUT2D eigenvalue weighted by Gasteiger charge is 2.16. The SMILES string of the molecule is CN1CCN(c2ccc(C(=S)NNC3=CCCc4cccnc43)nc2)CC1. The Balaban J connectivity index is 1.37. The molecule has 2 aromatic rings. The summed E-state index contributed by atoms with van der Waals surface area (Å²) in [7, 11) is 2.16. The largest absolute Gasteiger partial charge is 0.368 e. The summed E-state index contributed by atoms with van der Waals surface area (Å²) in [5.41, 5.74) is 11.4. The van der Waals surface area contributed by atoms with Crippen LogP contribution in [0.3, 0.4) is 0 Å². The van der Waals surface area contributed by atoms with E-state index < -0.39 is 0 Å². The third kappa shape index (κ3) is 4.09. The van der Waals surface area contributed by atoms with Gasteiger partial charge in [0.15, 0.2) is 0 Å². The molecule has 0 bridgehead atoms. The smallest absolute Gasteiger partial charge is 0.143 e. The van der Waals surface area contributed by atoms with Gasteiger partial charge in [0.05, 0.1) is 29.0 Å². The maximum Gasteiger partial charge on any atom is 0.143 e. The molecule has 0 aromatic carbocycles. The number of aromatic nitrogens is 2. The number of hydrogen-bond donors (Lipinski definition) is 2. The lowest BCUT2D eigenvalue weighted by molar-refractivity contribution is 0.313. The fourth-order valence-corrected chi connectivity index (χ4v) is 3.59. The molecule has 3 heterocycles. The van der Waals surface area contributed by atoms with Crippen molar-refractivity contribution >= 4 is 28.6 Å². The molecule has 27 heavy (non-hydrogen) atoms. The van der Waals surface area contributed by atoms with Gasteiger partial charge >= 0.3 is 0 Å². The minimum Gasteiger partial charge on any atom is -0.368 e. The van der Waals surface area contributed by atoms with Crippen LogP contribution in [0.25, 0.3) is 5.70 Å². The number of thiocarbonyl (C=S) groups is 1. The average Bonchev–Trinajstić information content (AvgIpc) is 2.72. The van der Waals surface area contributed by atoms with E-state index in [1.165, 1.54) is 5.56 Å². The van der Waals surface area contributed by atoms with Crippen LogP contribution in [0.4, 0.5) is 5.69 Å². The first-order chi connectivity index (χ1) is 13.2. The Morgan fingerprint density at radius 3 is 2.74 bits per heavy atom. The zero-order valence-electron chi connectivity index (χ0n) is 15.5. The first kappa shape index (κ1) is 17.9. The second-order valence-corrected chi connectivity index (χ2v) is 7.35. The Labute approximate surface area is 165 Å². The second-order valence-electron chi connectivity index (χ2n) is 6.94. The van der Waals surface area contributed by atoms with Crippen LogP contribution < -0.4 is 15.8 Å². The molecule has 1 saturated heterocycles. The summed E-state index contributed by atoms with van der Waals surface area (Å²) in [5.74, 6) is 0. The molecule has 1 fully saturated rings. The highest BCUT2D eigenvalue weighted by Crippen LogP contribution is 2.21. The highest BCUT2D eigenvalue weighted by molar-refractivity contribution is 7.80. The number of likely N-dealkylation sites (N-methyl/N-ethyl adjacent to an activating group) is 1. The summed E-state index contributed by atoms with van der Waals surface area (Å²) in [6, 6.07) is 8.17. The molecule has 2 N–H and O–H groups in total. The van der Waals surface area contributed by atoms with Crippen molar-refractivity contribution in [3.05, 3.63) is 59.7 Å². The second kappa shape index (κ2) is 8.02. The van der Waals surface area contributed by atoms with E-state index in [2.05, 4.69) is 55.9 Å². The van der Waals surface area contributed by atoms with E-state index in [4.69, 9.17) is 12.2 Å². The topological polar surface area (TPSA) is 56.3 Å². The van der Waals surface area contributed by atoms with E-state index in [-0.39, 0.29) is 0 Å². The molecular weight excluding hydrogens is 356 g/mol. The fraction of sp³-hybridized carbons (Fsp3) is 0.350. The van der Waals surface area contributed by atoms with E-state index >= 15 is 0 Å². The number of aryl methyl sites for hydroxylation is 1. The quantitative estimate of drug-likeness (QED) is 0.621. The molecule has 0 radical (unpaired) electrons. The molecule has 2 aromatic heterocycles. The van der Waals surface area contributed by atoms with Gasteiger partial charge in [0.25, 0.3) is 0 Å². The molecule has 0 atom stereocenters. The molecule has 1 aliphatic carbocycles. The summed E-state index contributed by atoms with van der Waals surface area (Å²) in [6.07, 6.45) is 7.89. The molecule has 4 rings (SSSR count). The Kier molecular flexibility index (Phi) is 5.31. The predicted molar refractivity (Wildman–Crippen MR) is 112 cm³/mol. The summed E-state index contributed by atoms with van der Waals surface area (Å²) >= 11 is 5.50. The van der Waals surface area contributed by atoms with Crippen LogP contribution in [0, 0.1) is 0 Å². The number of rotatable bonds is 4. The first-order valence-corrected chi connectivity index (χ1v) is 9.72. The van der Waals surface area contributed by atoms with Gasteiger partial charge in [0.2, 0.25) is 0 Å². The molecule has 7 heteroatoms. The van der Waals surface area contributed by atoms with Crippen LogP contribution in [0.1, 0.15) is 23.4 Å². The van der Waals surface area contributed by atoms with Crippen molar-refractivity contribution in [2.45, 2.75) is 12.8 Å². The van der Waals surface area contributed by atoms with Crippen molar-refractivity contribution in [1.29, 1.82) is 0 Å². The lowest BCUT2D eigenvalue weighted by atomic mass is 10.00. The van der Waals surface area contributed by atoms with Crippen molar-refractivity contribution in [2.75, 3.05) is 38.1 Å². The zero-order chi connectivity index (χ0) is 18.6. The van der Waals surface area contributed by atoms with Crippen LogP contribution in [0.2, 0.25) is 0 Å². The van der Waals surface area contributed by atoms with Gasteiger partial charge < -0.3 is 9.80 Å². The Morgan fingerprint density at radius 1 is 1.11 bits per heavy atom. The molecule has 0 saturated carbocycles. The maximum atomic E-state index is 5.50. The van der Waals surface area contributed by atoms with Crippen LogP contribution in [-0.2, 0) is 6.42 Å². The Bertz CT molecular complexity index is 840. The monoisotopic (exact) mass is 380 g/mol. The van der Waals surface area contributed by atoms with E-state index in [0.29, 0.717) is 4.99 Å². The Morgan fingerprint density at radius 2 is 1.96 bits per heavy atom. The third-order valence-corrected chi connectivity index (χ3v) is 5.38. The first-order valence-electron chi connectivity index (χ1n) is 9.31. The molecule has 6 nitrogen and oxygen atoms in total. The molecule has 1 aliphatic heterocycles. The van der Waals surface area contributed by atoms with E-state index in [1.54, 1.807) is 0 Å². The van der Waals surface area contributed by atoms with Gasteiger partial charge in [-0.2, -0.15) is 0 Å². The van der Waals surface area contributed by atoms with E-state index in [0.717, 1.165) is 61.8 Å². The average molecular weight is 381 g/mol. The number of nitrogens with zero attached hydrogens (tertiary/aromatic N) is 4. The minimum atomic E-state index is 0.573. The predicted octanol–water partition coefficient (Wildman–Crippen LogP) is 1.99. The molecule has 0 amide bonds. The van der Waals surface area contributed by atoms with Crippen LogP contribution in [0.5, 0.6) is 0 Å². The van der Waals surface area contributed by atoms with Gasteiger partial charge in [0.1, 0.15) is 4.99 Å². The van der Waals surface area contributed by atoms with Crippen LogP contribution >= 0.6 is 12.2 Å². The lowest BCUT2D eigenvalue weighted by Gasteiger charge is -2.33. The van der Waals surface area contributed by atoms with Gasteiger partial charge in [-0.3, -0.25) is 20.8 Å². The standard InChI is InChI=1S/C20H24N6S/c1-25-10-12-26(13-11-25)16-7-8-18(22-14-16)20(27)24-23-17-6-2-4-15-5-3-9-21-19(15)17/h3,5-9,14,23H,2,4,10-13H2,1H3,(H,24,27). The van der Waals surface area contributed by atoms with Crippen molar-refractivity contribution in [2.24, 2.45) is 0 Å². The molecule has 2 aliphatic rings. The normalized spacial score (nSPS) is 17.1. The molecular formula is C20H24N6S. The van der Waals surface area contributed by atoms with Gasteiger partial charge in [-0.1, -0.05) is 24.4 Å². The number of fused-ring (bicyclic) bond motifs is 1. The third-order valence-electron chi connectivity index (χ3n) is 5.07. The number of hydrogen-bond acceptors (Lipinski definition) is 6. The number of piperazine rings is 1. The van der Waals surface area contributed by atoms with Crippen molar-refractivity contribution in [3.8, 4) is 0 Å². The molecule has 0 spiro atoms. The van der Waals surface area contributed by atoms with E-state index in [1.807, 2.05) is 24.5 Å². The number of anilines is 1. The van der Waals surface area contributed by atoms with Gasteiger partial charge in [-0.15, -0.1) is 0 Å². The van der Waals surface area contributed by atoms with Crippen molar-refractivity contribution in [3.63, 3.8) is 0 Å². The lowest BCUT2D eigenvalue weighted by Crippen LogP contribution is -2.44.